The van der Waals surface area contributed by atoms with Crippen LogP contribution in [0, 0.1) is 5.92 Å². The zero-order valence-electron chi connectivity index (χ0n) is 10.3. The normalized spacial score (nSPS) is 21.4. The van der Waals surface area contributed by atoms with E-state index in [9.17, 15) is 13.6 Å². The number of nitrogens with one attached hydrogen (secondary N) is 1. The van der Waals surface area contributed by atoms with E-state index < -0.39 is 5.92 Å². The van der Waals surface area contributed by atoms with Crippen LogP contribution in [0.5, 0.6) is 0 Å². The third-order valence-electron chi connectivity index (χ3n) is 2.82. The Kier molecular flexibility index (Phi) is 5.27. The van der Waals surface area contributed by atoms with Gasteiger partial charge in [0.1, 0.15) is 0 Å². The van der Waals surface area contributed by atoms with Gasteiger partial charge in [0.15, 0.2) is 0 Å². The number of amides is 1. The van der Waals surface area contributed by atoms with E-state index in [4.69, 9.17) is 4.74 Å². The third-order valence-corrected chi connectivity index (χ3v) is 2.82. The van der Waals surface area contributed by atoms with Gasteiger partial charge in [-0.2, -0.15) is 0 Å². The number of nitrogens with zero attached hydrogens (tertiary/aromatic N) is 1. The Morgan fingerprint density at radius 1 is 1.59 bits per heavy atom. The van der Waals surface area contributed by atoms with E-state index in [0.29, 0.717) is 19.6 Å². The van der Waals surface area contributed by atoms with Crippen molar-refractivity contribution < 1.29 is 18.3 Å². The Morgan fingerprint density at radius 2 is 2.29 bits per heavy atom. The molecule has 0 aromatic rings. The molecule has 1 heterocycles. The summed E-state index contributed by atoms with van der Waals surface area (Å²) in [5.74, 6) is -3.13. The molecule has 0 spiro atoms. The summed E-state index contributed by atoms with van der Waals surface area (Å²) in [7, 11) is 1.50. The predicted molar refractivity (Wildman–Crippen MR) is 60.1 cm³/mol. The molecule has 1 saturated heterocycles. The molecule has 1 aliphatic heterocycles. The molecule has 17 heavy (non-hydrogen) atoms. The number of likely N-dealkylation sites (tertiary alicyclic amines) is 1. The highest BCUT2D eigenvalue weighted by Gasteiger charge is 2.39. The van der Waals surface area contributed by atoms with E-state index in [0.717, 1.165) is 0 Å². The monoisotopic (exact) mass is 250 g/mol. The summed E-state index contributed by atoms with van der Waals surface area (Å²) in [6.45, 7) is 3.03. The number of halogens is 2. The van der Waals surface area contributed by atoms with Crippen LogP contribution in [0.25, 0.3) is 0 Å². The summed E-state index contributed by atoms with van der Waals surface area (Å²) in [5, 5.41) is 2.69. The van der Waals surface area contributed by atoms with E-state index in [1.807, 2.05) is 6.92 Å². The van der Waals surface area contributed by atoms with Gasteiger partial charge in [0.2, 0.25) is 5.91 Å². The van der Waals surface area contributed by atoms with Gasteiger partial charge in [0, 0.05) is 33.2 Å². The highest BCUT2D eigenvalue weighted by atomic mass is 19.3. The summed E-state index contributed by atoms with van der Waals surface area (Å²) >= 11 is 0. The van der Waals surface area contributed by atoms with Gasteiger partial charge in [0.05, 0.1) is 19.1 Å². The van der Waals surface area contributed by atoms with Crippen LogP contribution in [0.3, 0.4) is 0 Å². The van der Waals surface area contributed by atoms with Gasteiger partial charge in [-0.3, -0.25) is 9.69 Å². The molecule has 0 bridgehead atoms. The maximum Gasteiger partial charge on any atom is 0.261 e. The second-order valence-corrected chi connectivity index (χ2v) is 4.39. The van der Waals surface area contributed by atoms with Crippen molar-refractivity contribution in [1.82, 2.24) is 10.2 Å². The lowest BCUT2D eigenvalue weighted by molar-refractivity contribution is -0.127. The fraction of sp³-hybridized carbons (Fsp3) is 0.909. The lowest BCUT2D eigenvalue weighted by Gasteiger charge is -2.22. The standard InChI is InChI=1S/C11H20F2N2O2/c1-3-14-10(16)9(7-17-2)6-15-5-4-11(12,13)8-15/h9H,3-8H2,1-2H3,(H,14,16). The zero-order valence-corrected chi connectivity index (χ0v) is 10.3. The Hall–Kier alpha value is -0.750. The lowest BCUT2D eigenvalue weighted by Crippen LogP contribution is -2.41. The van der Waals surface area contributed by atoms with Crippen molar-refractivity contribution in [3.8, 4) is 0 Å². The second kappa shape index (κ2) is 6.26. The molecule has 1 rings (SSSR count). The zero-order chi connectivity index (χ0) is 12.9. The lowest BCUT2D eigenvalue weighted by atomic mass is 10.1. The highest BCUT2D eigenvalue weighted by molar-refractivity contribution is 5.78. The van der Waals surface area contributed by atoms with Crippen LogP contribution in [0.4, 0.5) is 8.78 Å². The number of ether oxygens (including phenoxy) is 1. The van der Waals surface area contributed by atoms with E-state index in [2.05, 4.69) is 5.32 Å². The van der Waals surface area contributed by atoms with Crippen LogP contribution >= 0.6 is 0 Å². The van der Waals surface area contributed by atoms with Gasteiger partial charge in [-0.1, -0.05) is 0 Å². The van der Waals surface area contributed by atoms with Crippen LogP contribution in [-0.2, 0) is 9.53 Å². The van der Waals surface area contributed by atoms with Crippen molar-refractivity contribution in [2.45, 2.75) is 19.3 Å². The average Bonchev–Trinajstić information content (AvgIpc) is 2.58. The molecule has 1 N–H and O–H groups in total. The minimum Gasteiger partial charge on any atom is -0.384 e. The molecule has 0 aliphatic carbocycles. The van der Waals surface area contributed by atoms with Crippen molar-refractivity contribution in [2.24, 2.45) is 5.92 Å². The minimum absolute atomic E-state index is 0.123. The third kappa shape index (κ3) is 4.55. The van der Waals surface area contributed by atoms with Gasteiger partial charge in [-0.05, 0) is 6.92 Å². The molecule has 1 aliphatic rings. The summed E-state index contributed by atoms with van der Waals surface area (Å²) in [6.07, 6.45) is -0.123. The van der Waals surface area contributed by atoms with Crippen molar-refractivity contribution in [3.63, 3.8) is 0 Å². The van der Waals surface area contributed by atoms with Gasteiger partial charge < -0.3 is 10.1 Å². The molecule has 4 nitrogen and oxygen atoms in total. The Labute approximate surface area is 100 Å². The topological polar surface area (TPSA) is 41.6 Å². The molecule has 1 fully saturated rings. The molecule has 0 aromatic heterocycles. The molecule has 1 amide bonds. The van der Waals surface area contributed by atoms with Crippen LogP contribution in [0.2, 0.25) is 0 Å². The fourth-order valence-electron chi connectivity index (χ4n) is 2.01. The molecular formula is C11H20F2N2O2. The first-order chi connectivity index (χ1) is 7.98. The number of carbonyl (C=O) groups excluding carboxylic acids is 1. The molecule has 6 heteroatoms. The highest BCUT2D eigenvalue weighted by Crippen LogP contribution is 2.27. The average molecular weight is 250 g/mol. The molecule has 0 aromatic carbocycles. The first-order valence-electron chi connectivity index (χ1n) is 5.85. The minimum atomic E-state index is -2.61. The van der Waals surface area contributed by atoms with Crippen LogP contribution in [0.15, 0.2) is 0 Å². The van der Waals surface area contributed by atoms with E-state index >= 15 is 0 Å². The molecule has 0 saturated carbocycles. The smallest absolute Gasteiger partial charge is 0.261 e. The quantitative estimate of drug-likeness (QED) is 0.755. The van der Waals surface area contributed by atoms with Gasteiger partial charge in [0.25, 0.3) is 5.92 Å². The number of hydrogen-bond acceptors (Lipinski definition) is 3. The van der Waals surface area contributed by atoms with Crippen LogP contribution in [0.1, 0.15) is 13.3 Å². The Balaban J connectivity index is 2.47. The van der Waals surface area contributed by atoms with Gasteiger partial charge >= 0.3 is 0 Å². The largest absolute Gasteiger partial charge is 0.384 e. The predicted octanol–water partition coefficient (Wildman–Crippen LogP) is 0.726. The summed E-state index contributed by atoms with van der Waals surface area (Å²) in [4.78, 5) is 13.3. The van der Waals surface area contributed by atoms with E-state index in [1.54, 1.807) is 4.90 Å². The summed E-state index contributed by atoms with van der Waals surface area (Å²) in [6, 6.07) is 0. The summed E-state index contributed by atoms with van der Waals surface area (Å²) in [5.41, 5.74) is 0. The number of alkyl halides is 2. The molecule has 1 unspecified atom stereocenters. The van der Waals surface area contributed by atoms with E-state index in [1.165, 1.54) is 7.11 Å². The number of methoxy groups -OCH3 is 1. The number of hydrogen-bond donors (Lipinski definition) is 1. The van der Waals surface area contributed by atoms with Crippen molar-refractivity contribution in [1.29, 1.82) is 0 Å². The SMILES string of the molecule is CCNC(=O)C(COC)CN1CCC(F)(F)C1. The summed E-state index contributed by atoms with van der Waals surface area (Å²) < 4.78 is 31.0. The first kappa shape index (κ1) is 14.3. The van der Waals surface area contributed by atoms with Crippen molar-refractivity contribution >= 4 is 5.91 Å². The van der Waals surface area contributed by atoms with Crippen molar-refractivity contribution in [2.75, 3.05) is 39.9 Å². The Bertz CT molecular complexity index is 262. The van der Waals surface area contributed by atoms with E-state index in [-0.39, 0.29) is 31.4 Å². The second-order valence-electron chi connectivity index (χ2n) is 4.39. The van der Waals surface area contributed by atoms with Crippen molar-refractivity contribution in [3.05, 3.63) is 0 Å². The van der Waals surface area contributed by atoms with Gasteiger partial charge in [-0.25, -0.2) is 8.78 Å². The van der Waals surface area contributed by atoms with Crippen LogP contribution in [-0.4, -0.2) is 56.6 Å². The first-order valence-corrected chi connectivity index (χ1v) is 5.85. The Morgan fingerprint density at radius 3 is 2.76 bits per heavy atom. The van der Waals surface area contributed by atoms with Gasteiger partial charge in [-0.15, -0.1) is 0 Å². The molecule has 100 valence electrons. The fourth-order valence-corrected chi connectivity index (χ4v) is 2.01. The maximum absolute atomic E-state index is 13.0. The number of rotatable bonds is 6. The maximum atomic E-state index is 13.0. The molecule has 0 radical (unpaired) electrons. The van der Waals surface area contributed by atoms with Crippen LogP contribution < -0.4 is 5.32 Å². The molecule has 1 atom stereocenters. The number of carbonyl (C=O) groups is 1. The molecular weight excluding hydrogens is 230 g/mol.